The van der Waals surface area contributed by atoms with Gasteiger partial charge in [0.2, 0.25) is 0 Å². The fourth-order valence-corrected chi connectivity index (χ4v) is 4.16. The van der Waals surface area contributed by atoms with Crippen molar-refractivity contribution in [3.05, 3.63) is 100 Å². The zero-order valence-corrected chi connectivity index (χ0v) is 21.2. The van der Waals surface area contributed by atoms with Crippen LogP contribution in [0.1, 0.15) is 33.2 Å². The van der Waals surface area contributed by atoms with Crippen molar-refractivity contribution < 1.29 is 23.9 Å². The van der Waals surface area contributed by atoms with Gasteiger partial charge in [-0.3, -0.25) is 14.4 Å². The normalized spacial score (nSPS) is 13.1. The summed E-state index contributed by atoms with van der Waals surface area (Å²) < 4.78 is 4.66. The molecular weight excluding hydrogens is 494 g/mol. The zero-order chi connectivity index (χ0) is 26.7. The summed E-state index contributed by atoms with van der Waals surface area (Å²) in [5, 5.41) is 2.63. The summed E-state index contributed by atoms with van der Waals surface area (Å²) in [5.74, 6) is -2.03. The van der Waals surface area contributed by atoms with Gasteiger partial charge in [0.15, 0.2) is 0 Å². The van der Waals surface area contributed by atoms with Crippen molar-refractivity contribution in [2.45, 2.75) is 13.8 Å². The van der Waals surface area contributed by atoms with Crippen molar-refractivity contribution >= 4 is 52.4 Å². The number of hydrogen-bond donors (Lipinski definition) is 1. The maximum Gasteiger partial charge on any atom is 0.337 e. The van der Waals surface area contributed by atoms with Gasteiger partial charge in [-0.2, -0.15) is 0 Å². The molecule has 0 fully saturated rings. The van der Waals surface area contributed by atoms with Gasteiger partial charge < -0.3 is 15.0 Å². The number of esters is 1. The summed E-state index contributed by atoms with van der Waals surface area (Å²) in [6.07, 6.45) is 0. The van der Waals surface area contributed by atoms with Gasteiger partial charge in [0.25, 0.3) is 17.7 Å². The van der Waals surface area contributed by atoms with Crippen LogP contribution in [0.5, 0.6) is 0 Å². The number of methoxy groups -OCH3 is 1. The Morgan fingerprint density at radius 3 is 2.19 bits per heavy atom. The lowest BCUT2D eigenvalue weighted by Gasteiger charge is -2.21. The molecule has 0 aromatic heterocycles. The number of halogens is 1. The molecule has 1 heterocycles. The predicted octanol–water partition coefficient (Wildman–Crippen LogP) is 4.88. The Bertz CT molecular complexity index is 1410. The van der Waals surface area contributed by atoms with Crippen LogP contribution < -0.4 is 15.1 Å². The molecular formula is C28H24ClN3O5. The molecule has 1 N–H and O–H groups in total. The molecule has 0 saturated carbocycles. The average molecular weight is 518 g/mol. The van der Waals surface area contributed by atoms with Crippen molar-refractivity contribution in [3.63, 3.8) is 0 Å². The van der Waals surface area contributed by atoms with Crippen LogP contribution >= 0.6 is 11.6 Å². The summed E-state index contributed by atoms with van der Waals surface area (Å²) in [6.45, 7) is 4.37. The second-order valence-electron chi connectivity index (χ2n) is 8.26. The largest absolute Gasteiger partial charge is 0.465 e. The van der Waals surface area contributed by atoms with E-state index in [1.165, 1.54) is 31.4 Å². The smallest absolute Gasteiger partial charge is 0.337 e. The molecule has 0 bridgehead atoms. The molecule has 0 radical (unpaired) electrons. The molecule has 0 spiro atoms. The van der Waals surface area contributed by atoms with E-state index >= 15 is 0 Å². The molecule has 1 aliphatic rings. The van der Waals surface area contributed by atoms with E-state index in [1.54, 1.807) is 29.2 Å². The summed E-state index contributed by atoms with van der Waals surface area (Å²) in [7, 11) is 1.26. The number of anilines is 3. The molecule has 0 atom stereocenters. The van der Waals surface area contributed by atoms with Gasteiger partial charge in [-0.25, -0.2) is 9.69 Å². The van der Waals surface area contributed by atoms with Gasteiger partial charge in [-0.15, -0.1) is 0 Å². The fraction of sp³-hybridized carbons (Fsp3) is 0.143. The summed E-state index contributed by atoms with van der Waals surface area (Å²) in [5.41, 5.74) is 3.26. The zero-order valence-electron chi connectivity index (χ0n) is 20.4. The van der Waals surface area contributed by atoms with Crippen LogP contribution in [-0.4, -0.2) is 37.3 Å². The molecule has 1 aliphatic heterocycles. The first kappa shape index (κ1) is 25.7. The summed E-state index contributed by atoms with van der Waals surface area (Å²) in [6, 6.07) is 20.1. The third kappa shape index (κ3) is 5.10. The Morgan fingerprint density at radius 1 is 0.946 bits per heavy atom. The van der Waals surface area contributed by atoms with Crippen LogP contribution in [-0.2, 0) is 14.3 Å². The number of carbonyl (C=O) groups excluding carboxylic acids is 4. The lowest BCUT2D eigenvalue weighted by atomic mass is 10.1. The highest BCUT2D eigenvalue weighted by atomic mass is 35.5. The number of amides is 3. The van der Waals surface area contributed by atoms with Crippen molar-refractivity contribution in [1.29, 1.82) is 0 Å². The third-order valence-electron chi connectivity index (χ3n) is 5.85. The number of benzene rings is 3. The van der Waals surface area contributed by atoms with Gasteiger partial charge in [0, 0.05) is 23.5 Å². The van der Waals surface area contributed by atoms with Crippen LogP contribution in [0.3, 0.4) is 0 Å². The molecule has 0 saturated heterocycles. The first-order valence-electron chi connectivity index (χ1n) is 11.5. The van der Waals surface area contributed by atoms with E-state index in [1.807, 2.05) is 38.1 Å². The lowest BCUT2D eigenvalue weighted by Crippen LogP contribution is -2.32. The number of carbonyl (C=O) groups is 4. The first-order valence-corrected chi connectivity index (χ1v) is 11.9. The minimum Gasteiger partial charge on any atom is -0.465 e. The quantitative estimate of drug-likeness (QED) is 0.354. The van der Waals surface area contributed by atoms with Gasteiger partial charge in [0.05, 0.1) is 18.4 Å². The monoisotopic (exact) mass is 517 g/mol. The van der Waals surface area contributed by atoms with Crippen molar-refractivity contribution in [2.75, 3.05) is 28.8 Å². The van der Waals surface area contributed by atoms with Gasteiger partial charge in [-0.05, 0) is 80.1 Å². The minimum atomic E-state index is -0.691. The van der Waals surface area contributed by atoms with E-state index in [2.05, 4.69) is 10.1 Å². The SMILES string of the molecule is CCN(C(=O)c1ccc(NC2=C(Cl)C(=O)N(c3ccc(C(=O)OC)cc3)C2=O)cc1)c1cccc(C)c1. The molecule has 0 aliphatic carbocycles. The molecule has 3 aromatic rings. The maximum absolute atomic E-state index is 13.1. The van der Waals surface area contributed by atoms with Crippen LogP contribution in [0, 0.1) is 6.92 Å². The molecule has 3 amide bonds. The van der Waals surface area contributed by atoms with E-state index < -0.39 is 17.8 Å². The molecule has 3 aromatic carbocycles. The molecule has 188 valence electrons. The second kappa shape index (κ2) is 10.7. The predicted molar refractivity (Wildman–Crippen MR) is 142 cm³/mol. The number of rotatable bonds is 7. The molecule has 37 heavy (non-hydrogen) atoms. The Labute approximate surface area is 219 Å². The molecule has 8 nitrogen and oxygen atoms in total. The highest BCUT2D eigenvalue weighted by molar-refractivity contribution is 6.53. The number of nitrogens with one attached hydrogen (secondary N) is 1. The van der Waals surface area contributed by atoms with Crippen molar-refractivity contribution in [1.82, 2.24) is 0 Å². The Hall–Kier alpha value is -4.43. The highest BCUT2D eigenvalue weighted by Crippen LogP contribution is 2.30. The van der Waals surface area contributed by atoms with Crippen LogP contribution in [0.2, 0.25) is 0 Å². The lowest BCUT2D eigenvalue weighted by molar-refractivity contribution is -0.120. The minimum absolute atomic E-state index is 0.0854. The van der Waals surface area contributed by atoms with Crippen LogP contribution in [0.4, 0.5) is 17.1 Å². The van der Waals surface area contributed by atoms with E-state index in [-0.39, 0.29) is 27.9 Å². The van der Waals surface area contributed by atoms with E-state index in [0.717, 1.165) is 16.2 Å². The van der Waals surface area contributed by atoms with Gasteiger partial charge in [-0.1, -0.05) is 23.7 Å². The van der Waals surface area contributed by atoms with Crippen LogP contribution in [0.15, 0.2) is 83.5 Å². The first-order chi connectivity index (χ1) is 17.7. The number of ether oxygens (including phenoxy) is 1. The number of imide groups is 1. The molecule has 0 unspecified atom stereocenters. The number of aryl methyl sites for hydroxylation is 1. The van der Waals surface area contributed by atoms with Gasteiger partial charge >= 0.3 is 5.97 Å². The maximum atomic E-state index is 13.1. The summed E-state index contributed by atoms with van der Waals surface area (Å²) >= 11 is 6.22. The summed E-state index contributed by atoms with van der Waals surface area (Å²) in [4.78, 5) is 53.1. The molecule has 4 rings (SSSR count). The Morgan fingerprint density at radius 2 is 1.59 bits per heavy atom. The van der Waals surface area contributed by atoms with Gasteiger partial charge in [0.1, 0.15) is 10.7 Å². The van der Waals surface area contributed by atoms with Crippen molar-refractivity contribution in [2.24, 2.45) is 0 Å². The third-order valence-corrected chi connectivity index (χ3v) is 6.20. The second-order valence-corrected chi connectivity index (χ2v) is 8.64. The standard InChI is InChI=1S/C28H24ClN3O5/c1-4-31(22-7-5-6-17(2)16-22)25(33)18-8-12-20(13-9-18)30-24-23(29)26(34)32(27(24)35)21-14-10-19(11-15-21)28(36)37-3/h5-16,30H,4H2,1-3H3. The number of hydrogen-bond acceptors (Lipinski definition) is 6. The molecule has 9 heteroatoms. The Balaban J connectivity index is 1.50. The van der Waals surface area contributed by atoms with E-state index in [9.17, 15) is 19.2 Å². The topological polar surface area (TPSA) is 96.0 Å². The van der Waals surface area contributed by atoms with E-state index in [0.29, 0.717) is 17.8 Å². The highest BCUT2D eigenvalue weighted by Gasteiger charge is 2.39. The Kier molecular flexibility index (Phi) is 7.40. The fourth-order valence-electron chi connectivity index (χ4n) is 3.95. The number of nitrogens with zero attached hydrogens (tertiary/aromatic N) is 2. The van der Waals surface area contributed by atoms with Crippen molar-refractivity contribution in [3.8, 4) is 0 Å². The van der Waals surface area contributed by atoms with Crippen LogP contribution in [0.25, 0.3) is 0 Å². The van der Waals surface area contributed by atoms with E-state index in [4.69, 9.17) is 11.6 Å². The average Bonchev–Trinajstić information content (AvgIpc) is 3.12.